The van der Waals surface area contributed by atoms with Crippen LogP contribution in [0, 0.1) is 11.8 Å². The van der Waals surface area contributed by atoms with E-state index in [9.17, 15) is 4.79 Å². The van der Waals surface area contributed by atoms with Crippen LogP contribution < -0.4 is 0 Å². The van der Waals surface area contributed by atoms with Crippen molar-refractivity contribution < 1.29 is 14.3 Å². The van der Waals surface area contributed by atoms with E-state index < -0.39 is 0 Å². The van der Waals surface area contributed by atoms with Crippen molar-refractivity contribution in [3.8, 4) is 11.8 Å². The maximum absolute atomic E-state index is 9.76. The molecule has 0 spiro atoms. The molecular weight excluding hydrogens is 192 g/mol. The molecule has 3 nitrogen and oxygen atoms in total. The van der Waals surface area contributed by atoms with Crippen LogP contribution in [-0.4, -0.2) is 26.3 Å². The maximum Gasteiger partial charge on any atom is 0.293 e. The topological polar surface area (TPSA) is 35.5 Å². The van der Waals surface area contributed by atoms with Crippen LogP contribution in [0.1, 0.15) is 39.0 Å². The van der Waals surface area contributed by atoms with Crippen molar-refractivity contribution in [2.45, 2.75) is 39.0 Å². The van der Waals surface area contributed by atoms with E-state index in [1.54, 1.807) is 0 Å². The number of hydrogen-bond donors (Lipinski definition) is 0. The van der Waals surface area contributed by atoms with Crippen molar-refractivity contribution in [2.75, 3.05) is 19.8 Å². The number of unbranched alkanes of at least 4 members (excludes halogenated alkanes) is 4. The van der Waals surface area contributed by atoms with Crippen LogP contribution in [0.15, 0.2) is 0 Å². The summed E-state index contributed by atoms with van der Waals surface area (Å²) >= 11 is 0. The molecule has 0 aliphatic carbocycles. The van der Waals surface area contributed by atoms with E-state index >= 15 is 0 Å². The van der Waals surface area contributed by atoms with Gasteiger partial charge in [-0.15, -0.1) is 5.92 Å². The van der Waals surface area contributed by atoms with Gasteiger partial charge in [0.25, 0.3) is 6.47 Å². The molecule has 0 saturated carbocycles. The minimum absolute atomic E-state index is 0.307. The molecule has 86 valence electrons. The number of carbonyl (C=O) groups is 1. The second kappa shape index (κ2) is 13.0. The third-order valence-corrected chi connectivity index (χ3v) is 1.87. The molecule has 0 aromatic heterocycles. The fourth-order valence-corrected chi connectivity index (χ4v) is 1.06. The normalized spacial score (nSPS) is 9.13. The molecule has 0 aromatic rings. The van der Waals surface area contributed by atoms with E-state index in [4.69, 9.17) is 4.74 Å². The molecule has 0 fully saturated rings. The van der Waals surface area contributed by atoms with Crippen molar-refractivity contribution >= 4 is 6.47 Å². The SMILES string of the molecule is CCCCCCC#CCOCCOC=O. The molecule has 0 radical (unpaired) electrons. The first-order chi connectivity index (χ1) is 7.41. The number of rotatable bonds is 9. The molecule has 3 heteroatoms. The lowest BCUT2D eigenvalue weighted by Gasteiger charge is -1.97. The highest BCUT2D eigenvalue weighted by molar-refractivity contribution is 5.36. The highest BCUT2D eigenvalue weighted by Gasteiger charge is 1.85. The monoisotopic (exact) mass is 212 g/mol. The van der Waals surface area contributed by atoms with E-state index in [-0.39, 0.29) is 0 Å². The van der Waals surface area contributed by atoms with Crippen LogP contribution in [0.25, 0.3) is 0 Å². The van der Waals surface area contributed by atoms with Gasteiger partial charge in [-0.25, -0.2) is 0 Å². The first-order valence-electron chi connectivity index (χ1n) is 5.50. The lowest BCUT2D eigenvalue weighted by molar-refractivity contribution is -0.130. The first-order valence-corrected chi connectivity index (χ1v) is 5.50. The zero-order chi connectivity index (χ0) is 11.2. The summed E-state index contributed by atoms with van der Waals surface area (Å²) in [4.78, 5) is 9.76. The lowest BCUT2D eigenvalue weighted by atomic mass is 10.2. The van der Waals surface area contributed by atoms with Crippen molar-refractivity contribution in [2.24, 2.45) is 0 Å². The molecule has 0 saturated heterocycles. The summed E-state index contributed by atoms with van der Waals surface area (Å²) < 4.78 is 9.56. The minimum atomic E-state index is 0.307. The molecule has 0 aromatic carbocycles. The van der Waals surface area contributed by atoms with Gasteiger partial charge in [-0.2, -0.15) is 0 Å². The van der Waals surface area contributed by atoms with E-state index in [2.05, 4.69) is 23.5 Å². The summed E-state index contributed by atoms with van der Waals surface area (Å²) in [5.41, 5.74) is 0. The van der Waals surface area contributed by atoms with Crippen LogP contribution in [0.5, 0.6) is 0 Å². The van der Waals surface area contributed by atoms with Crippen LogP contribution >= 0.6 is 0 Å². The summed E-state index contributed by atoms with van der Waals surface area (Å²) in [5.74, 6) is 5.97. The van der Waals surface area contributed by atoms with Gasteiger partial charge in [0, 0.05) is 6.42 Å². The van der Waals surface area contributed by atoms with Gasteiger partial charge in [0.1, 0.15) is 13.2 Å². The number of ether oxygens (including phenoxy) is 2. The van der Waals surface area contributed by atoms with E-state index in [1.165, 1.54) is 25.7 Å². The van der Waals surface area contributed by atoms with Crippen molar-refractivity contribution in [3.63, 3.8) is 0 Å². The Morgan fingerprint density at radius 3 is 2.73 bits per heavy atom. The van der Waals surface area contributed by atoms with Gasteiger partial charge in [0.15, 0.2) is 0 Å². The van der Waals surface area contributed by atoms with E-state index in [1.807, 2.05) is 0 Å². The van der Waals surface area contributed by atoms with Crippen LogP contribution in [-0.2, 0) is 14.3 Å². The van der Waals surface area contributed by atoms with Gasteiger partial charge in [-0.1, -0.05) is 32.1 Å². The average Bonchev–Trinajstić information content (AvgIpc) is 2.26. The molecule has 0 aliphatic rings. The summed E-state index contributed by atoms with van der Waals surface area (Å²) in [6.07, 6.45) is 5.94. The predicted octanol–water partition coefficient (Wildman–Crippen LogP) is 2.15. The Kier molecular flexibility index (Phi) is 12.1. The lowest BCUT2D eigenvalue weighted by Crippen LogP contribution is -2.02. The Morgan fingerprint density at radius 2 is 2.00 bits per heavy atom. The Balaban J connectivity index is 3.06. The first kappa shape index (κ1) is 14.0. The van der Waals surface area contributed by atoms with Crippen molar-refractivity contribution in [1.82, 2.24) is 0 Å². The van der Waals surface area contributed by atoms with Crippen LogP contribution in [0.4, 0.5) is 0 Å². The zero-order valence-electron chi connectivity index (χ0n) is 9.46. The Labute approximate surface area is 92.1 Å². The summed E-state index contributed by atoms with van der Waals surface area (Å²) in [6.45, 7) is 3.77. The second-order valence-corrected chi connectivity index (χ2v) is 3.18. The Bertz CT molecular complexity index is 191. The summed E-state index contributed by atoms with van der Waals surface area (Å²) in [6, 6.07) is 0. The van der Waals surface area contributed by atoms with Crippen molar-refractivity contribution in [1.29, 1.82) is 0 Å². The molecule has 0 bridgehead atoms. The van der Waals surface area contributed by atoms with Gasteiger partial charge in [0.05, 0.1) is 6.61 Å². The highest BCUT2D eigenvalue weighted by atomic mass is 16.5. The molecule has 0 atom stereocenters. The predicted molar refractivity (Wildman–Crippen MR) is 59.4 cm³/mol. The maximum atomic E-state index is 9.76. The minimum Gasteiger partial charge on any atom is -0.465 e. The summed E-state index contributed by atoms with van der Waals surface area (Å²) in [5, 5.41) is 0. The van der Waals surface area contributed by atoms with Gasteiger partial charge in [0.2, 0.25) is 0 Å². The molecule has 0 rings (SSSR count). The summed E-state index contributed by atoms with van der Waals surface area (Å²) in [7, 11) is 0. The van der Waals surface area contributed by atoms with Gasteiger partial charge >= 0.3 is 0 Å². The Morgan fingerprint density at radius 1 is 1.13 bits per heavy atom. The van der Waals surface area contributed by atoms with Gasteiger partial charge in [-0.3, -0.25) is 4.79 Å². The number of hydrogen-bond acceptors (Lipinski definition) is 3. The largest absolute Gasteiger partial charge is 0.465 e. The van der Waals surface area contributed by atoms with Crippen LogP contribution in [0.2, 0.25) is 0 Å². The molecule has 0 amide bonds. The third kappa shape index (κ3) is 13.0. The highest BCUT2D eigenvalue weighted by Crippen LogP contribution is 2.00. The van der Waals surface area contributed by atoms with Crippen LogP contribution in [0.3, 0.4) is 0 Å². The quantitative estimate of drug-likeness (QED) is 0.334. The van der Waals surface area contributed by atoms with Crippen molar-refractivity contribution in [3.05, 3.63) is 0 Å². The zero-order valence-corrected chi connectivity index (χ0v) is 9.46. The van der Waals surface area contributed by atoms with E-state index in [0.717, 1.165) is 6.42 Å². The fourth-order valence-electron chi connectivity index (χ4n) is 1.06. The third-order valence-electron chi connectivity index (χ3n) is 1.87. The molecule has 0 heterocycles. The molecule has 0 aliphatic heterocycles. The van der Waals surface area contributed by atoms with E-state index in [0.29, 0.717) is 26.3 Å². The second-order valence-electron chi connectivity index (χ2n) is 3.18. The molecule has 15 heavy (non-hydrogen) atoms. The van der Waals surface area contributed by atoms with Gasteiger partial charge in [-0.05, 0) is 6.42 Å². The number of carbonyl (C=O) groups excluding carboxylic acids is 1. The fraction of sp³-hybridized carbons (Fsp3) is 0.750. The molecular formula is C12H20O3. The molecule has 0 unspecified atom stereocenters. The standard InChI is InChI=1S/C12H20O3/c1-2-3-4-5-6-7-8-9-14-10-11-15-12-13/h12H,2-6,9-11H2,1H3. The smallest absolute Gasteiger partial charge is 0.293 e. The molecule has 0 N–H and O–H groups in total. The Hall–Kier alpha value is -1.01. The average molecular weight is 212 g/mol. The van der Waals surface area contributed by atoms with Gasteiger partial charge < -0.3 is 9.47 Å².